The Balaban J connectivity index is 1.29. The molecule has 1 saturated heterocycles. The number of unbranched alkanes of at least 4 members (excludes halogenated alkanes) is 3. The Labute approximate surface area is 195 Å². The van der Waals surface area contributed by atoms with E-state index in [1.807, 2.05) is 47.4 Å². The van der Waals surface area contributed by atoms with E-state index in [1.54, 1.807) is 6.07 Å². The van der Waals surface area contributed by atoms with Crippen molar-refractivity contribution in [2.75, 3.05) is 26.2 Å². The molecule has 0 saturated carbocycles. The molecule has 0 amide bonds. The van der Waals surface area contributed by atoms with Crippen LogP contribution in [-0.2, 0) is 11.3 Å². The fraction of sp³-hybridized carbons (Fsp3) is 0.500. The van der Waals surface area contributed by atoms with Crippen LogP contribution >= 0.6 is 0 Å². The Bertz CT molecular complexity index is 882. The minimum Gasteiger partial charge on any atom is -0.389 e. The van der Waals surface area contributed by atoms with Crippen molar-refractivity contribution in [3.05, 3.63) is 59.7 Å². The van der Waals surface area contributed by atoms with Gasteiger partial charge in [0.25, 0.3) is 0 Å². The van der Waals surface area contributed by atoms with Crippen LogP contribution in [-0.4, -0.2) is 76.0 Å². The molecule has 7 nitrogen and oxygen atoms in total. The van der Waals surface area contributed by atoms with Crippen LogP contribution in [0.5, 0.6) is 0 Å². The van der Waals surface area contributed by atoms with Gasteiger partial charge in [0.05, 0.1) is 30.4 Å². The number of nitriles is 1. The lowest BCUT2D eigenvalue weighted by atomic mass is 10.0. The van der Waals surface area contributed by atoms with Crippen molar-refractivity contribution < 1.29 is 25.2 Å². The molecule has 1 heterocycles. The molecule has 0 radical (unpaired) electrons. The second kappa shape index (κ2) is 12.8. The van der Waals surface area contributed by atoms with E-state index in [0.717, 1.165) is 42.4 Å². The number of aliphatic hydroxyl groups excluding tert-OH is 4. The Hall–Kier alpha value is -2.31. The van der Waals surface area contributed by atoms with Gasteiger partial charge in [0.1, 0.15) is 12.2 Å². The van der Waals surface area contributed by atoms with E-state index >= 15 is 0 Å². The van der Waals surface area contributed by atoms with E-state index in [2.05, 4.69) is 6.07 Å². The van der Waals surface area contributed by atoms with E-state index in [9.17, 15) is 20.4 Å². The highest BCUT2D eigenvalue weighted by Crippen LogP contribution is 2.21. The average molecular weight is 455 g/mol. The molecule has 178 valence electrons. The topological polar surface area (TPSA) is 117 Å². The third kappa shape index (κ3) is 7.61. The van der Waals surface area contributed by atoms with Crippen molar-refractivity contribution in [2.45, 2.75) is 56.7 Å². The van der Waals surface area contributed by atoms with Gasteiger partial charge in [0, 0.05) is 19.7 Å². The van der Waals surface area contributed by atoms with Gasteiger partial charge in [-0.2, -0.15) is 5.26 Å². The van der Waals surface area contributed by atoms with Gasteiger partial charge in [-0.3, -0.25) is 4.90 Å². The number of aliphatic hydroxyl groups is 4. The minimum atomic E-state index is -1.31. The number of benzene rings is 2. The SMILES string of the molecule is N#Cc1cccc(-c2ccc(COCCCCCCN3C[C@H](O)[C@@H](O)[C@H](O)[C@@H](O)C3)cc2)c1. The third-order valence-corrected chi connectivity index (χ3v) is 6.09. The summed E-state index contributed by atoms with van der Waals surface area (Å²) < 4.78 is 5.79. The zero-order chi connectivity index (χ0) is 23.6. The molecule has 0 aromatic heterocycles. The van der Waals surface area contributed by atoms with Gasteiger partial charge in [0.2, 0.25) is 0 Å². The molecule has 33 heavy (non-hydrogen) atoms. The summed E-state index contributed by atoms with van der Waals surface area (Å²) in [5.41, 5.74) is 3.86. The van der Waals surface area contributed by atoms with Crippen molar-refractivity contribution in [1.29, 1.82) is 5.26 Å². The van der Waals surface area contributed by atoms with Crippen molar-refractivity contribution in [3.8, 4) is 17.2 Å². The van der Waals surface area contributed by atoms with Crippen molar-refractivity contribution >= 4 is 0 Å². The van der Waals surface area contributed by atoms with Gasteiger partial charge in [-0.25, -0.2) is 0 Å². The van der Waals surface area contributed by atoms with E-state index < -0.39 is 24.4 Å². The number of hydrogen-bond donors (Lipinski definition) is 4. The van der Waals surface area contributed by atoms with Crippen molar-refractivity contribution in [2.24, 2.45) is 0 Å². The summed E-state index contributed by atoms with van der Waals surface area (Å²) in [5, 5.41) is 48.4. The first-order valence-electron chi connectivity index (χ1n) is 11.6. The van der Waals surface area contributed by atoms with E-state index in [1.165, 1.54) is 0 Å². The molecular formula is C26H34N2O5. The molecule has 4 N–H and O–H groups in total. The largest absolute Gasteiger partial charge is 0.389 e. The molecule has 1 fully saturated rings. The summed E-state index contributed by atoms with van der Waals surface area (Å²) in [7, 11) is 0. The molecule has 3 rings (SSSR count). The quantitative estimate of drug-likeness (QED) is 0.406. The van der Waals surface area contributed by atoms with Crippen LogP contribution < -0.4 is 0 Å². The number of likely N-dealkylation sites (tertiary alicyclic amines) is 1. The van der Waals surface area contributed by atoms with Crippen LogP contribution in [0.15, 0.2) is 48.5 Å². The monoisotopic (exact) mass is 454 g/mol. The second-order valence-corrected chi connectivity index (χ2v) is 8.73. The number of nitrogens with zero attached hydrogens (tertiary/aromatic N) is 2. The maximum absolute atomic E-state index is 9.91. The van der Waals surface area contributed by atoms with Crippen molar-refractivity contribution in [1.82, 2.24) is 4.90 Å². The molecule has 0 unspecified atom stereocenters. The summed E-state index contributed by atoms with van der Waals surface area (Å²) in [6.45, 7) is 2.46. The van der Waals surface area contributed by atoms with Crippen molar-refractivity contribution in [3.63, 3.8) is 0 Å². The molecule has 1 aliphatic rings. The lowest BCUT2D eigenvalue weighted by molar-refractivity contribution is -0.0894. The summed E-state index contributed by atoms with van der Waals surface area (Å²) >= 11 is 0. The number of hydrogen-bond acceptors (Lipinski definition) is 7. The van der Waals surface area contributed by atoms with Gasteiger partial charge >= 0.3 is 0 Å². The van der Waals surface area contributed by atoms with Gasteiger partial charge in [-0.05, 0) is 48.2 Å². The Morgan fingerprint density at radius 1 is 0.848 bits per heavy atom. The first kappa shape index (κ1) is 25.3. The molecule has 0 spiro atoms. The fourth-order valence-electron chi connectivity index (χ4n) is 4.10. The lowest BCUT2D eigenvalue weighted by Crippen LogP contribution is -2.43. The molecule has 2 aromatic rings. The molecule has 4 atom stereocenters. The molecule has 1 aliphatic heterocycles. The van der Waals surface area contributed by atoms with Crippen LogP contribution in [0.4, 0.5) is 0 Å². The number of rotatable bonds is 10. The highest BCUT2D eigenvalue weighted by Gasteiger charge is 2.35. The molecule has 2 aromatic carbocycles. The first-order chi connectivity index (χ1) is 16.0. The zero-order valence-corrected chi connectivity index (χ0v) is 18.9. The maximum atomic E-state index is 9.91. The molecule has 0 bridgehead atoms. The van der Waals surface area contributed by atoms with E-state index in [0.29, 0.717) is 25.3 Å². The summed E-state index contributed by atoms with van der Waals surface area (Å²) in [6.07, 6.45) is -0.820. The molecular weight excluding hydrogens is 420 g/mol. The van der Waals surface area contributed by atoms with Crippen LogP contribution in [0, 0.1) is 11.3 Å². The Morgan fingerprint density at radius 2 is 1.52 bits per heavy atom. The van der Waals surface area contributed by atoms with Crippen LogP contribution in [0.1, 0.15) is 36.8 Å². The molecule has 0 aliphatic carbocycles. The summed E-state index contributed by atoms with van der Waals surface area (Å²) in [6, 6.07) is 17.9. The zero-order valence-electron chi connectivity index (χ0n) is 18.9. The normalized spacial score (nSPS) is 23.7. The smallest absolute Gasteiger partial charge is 0.110 e. The van der Waals surface area contributed by atoms with Gasteiger partial charge in [-0.15, -0.1) is 0 Å². The van der Waals surface area contributed by atoms with E-state index in [4.69, 9.17) is 10.00 Å². The standard InChI is InChI=1S/C26H34N2O5/c27-15-20-6-5-7-22(14-20)21-10-8-19(9-11-21)18-33-13-4-2-1-3-12-28-16-23(29)25(31)26(32)24(30)17-28/h5-11,14,23-26,29-32H,1-4,12-13,16-18H2/t23-,24-,25+,26+/m0/s1. The summed E-state index contributed by atoms with van der Waals surface area (Å²) in [5.74, 6) is 0. The minimum absolute atomic E-state index is 0.251. The predicted octanol–water partition coefficient (Wildman–Crippen LogP) is 2.06. The third-order valence-electron chi connectivity index (χ3n) is 6.09. The lowest BCUT2D eigenvalue weighted by Gasteiger charge is -2.23. The number of ether oxygens (including phenoxy) is 1. The van der Waals surface area contributed by atoms with Crippen LogP contribution in [0.2, 0.25) is 0 Å². The maximum Gasteiger partial charge on any atom is 0.110 e. The Kier molecular flexibility index (Phi) is 9.82. The van der Waals surface area contributed by atoms with E-state index in [-0.39, 0.29) is 13.1 Å². The second-order valence-electron chi connectivity index (χ2n) is 8.73. The number of β-amino-alcohol motifs (C(OH)–C–C–N with tert-alkyl or cyclic N) is 2. The van der Waals surface area contributed by atoms with Gasteiger partial charge in [-0.1, -0.05) is 49.2 Å². The summed E-state index contributed by atoms with van der Waals surface area (Å²) in [4.78, 5) is 1.89. The highest BCUT2D eigenvalue weighted by molar-refractivity contribution is 5.65. The van der Waals surface area contributed by atoms with Crippen LogP contribution in [0.25, 0.3) is 11.1 Å². The highest BCUT2D eigenvalue weighted by atomic mass is 16.5. The van der Waals surface area contributed by atoms with Gasteiger partial charge < -0.3 is 25.2 Å². The molecule has 7 heteroatoms. The van der Waals surface area contributed by atoms with Crippen LogP contribution in [0.3, 0.4) is 0 Å². The van der Waals surface area contributed by atoms with Gasteiger partial charge in [0.15, 0.2) is 0 Å². The average Bonchev–Trinajstić information content (AvgIpc) is 2.92. The fourth-order valence-corrected chi connectivity index (χ4v) is 4.10. The first-order valence-corrected chi connectivity index (χ1v) is 11.6. The Morgan fingerprint density at radius 3 is 2.18 bits per heavy atom. The predicted molar refractivity (Wildman–Crippen MR) is 125 cm³/mol.